The fourth-order valence-electron chi connectivity index (χ4n) is 5.51. The van der Waals surface area contributed by atoms with Crippen molar-refractivity contribution in [2.24, 2.45) is 0 Å². The predicted octanol–water partition coefficient (Wildman–Crippen LogP) is 5.39. The molecule has 202 valence electrons. The highest BCUT2D eigenvalue weighted by atomic mass is 16.5. The largest absolute Gasteiger partial charge is 0.495 e. The van der Waals surface area contributed by atoms with Crippen LogP contribution in [0.25, 0.3) is 0 Å². The third kappa shape index (κ3) is 5.60. The molecule has 0 unspecified atom stereocenters. The van der Waals surface area contributed by atoms with Gasteiger partial charge in [-0.1, -0.05) is 43.3 Å². The van der Waals surface area contributed by atoms with Gasteiger partial charge in [0.1, 0.15) is 5.75 Å². The number of hydrogen-bond donors (Lipinski definition) is 2. The molecule has 0 saturated carbocycles. The number of anilines is 3. The Labute approximate surface area is 228 Å². The molecule has 0 aromatic heterocycles. The number of aliphatic carboxylic acids is 1. The maximum Gasteiger partial charge on any atom is 0.326 e. The summed E-state index contributed by atoms with van der Waals surface area (Å²) >= 11 is 0. The summed E-state index contributed by atoms with van der Waals surface area (Å²) in [4.78, 5) is 41.1. The Morgan fingerprint density at radius 2 is 1.74 bits per heavy atom. The van der Waals surface area contributed by atoms with E-state index in [0.29, 0.717) is 24.5 Å². The molecule has 2 aliphatic heterocycles. The number of rotatable bonds is 7. The first-order chi connectivity index (χ1) is 18.8. The summed E-state index contributed by atoms with van der Waals surface area (Å²) in [5.74, 6) is -0.433. The summed E-state index contributed by atoms with van der Waals surface area (Å²) in [6, 6.07) is 19.0. The first-order valence-electron chi connectivity index (χ1n) is 13.3. The van der Waals surface area contributed by atoms with Gasteiger partial charge in [0.25, 0.3) is 0 Å². The lowest BCUT2D eigenvalue weighted by molar-refractivity contribution is -0.137. The first-order valence-corrected chi connectivity index (χ1v) is 13.3. The standard InChI is InChI=1S/C31H33N3O5/c1-20(16-30(36)37)23-10-12-27-24(19-23)7-5-14-33(27)29(35)18-21-9-11-25(28(17-21)39-2)32-31(38)34-15-13-22-6-3-4-8-26(22)34/h3-4,6,8-12,17,19-20H,5,7,13-16,18H2,1-2H3,(H,32,38)(H,36,37)/t20-/m0/s1. The fourth-order valence-corrected chi connectivity index (χ4v) is 5.51. The number of ether oxygens (including phenoxy) is 1. The lowest BCUT2D eigenvalue weighted by Crippen LogP contribution is -2.36. The number of amides is 3. The van der Waals surface area contributed by atoms with Crippen LogP contribution in [0, 0.1) is 0 Å². The number of carboxylic acids is 1. The molecule has 2 aliphatic rings. The normalized spacial score (nSPS) is 14.8. The van der Waals surface area contributed by atoms with E-state index in [0.717, 1.165) is 52.9 Å². The van der Waals surface area contributed by atoms with Crippen LogP contribution in [-0.2, 0) is 28.9 Å². The van der Waals surface area contributed by atoms with Crippen molar-refractivity contribution >= 4 is 35.0 Å². The van der Waals surface area contributed by atoms with Crippen molar-refractivity contribution in [1.29, 1.82) is 0 Å². The van der Waals surface area contributed by atoms with Gasteiger partial charge in [0.05, 0.1) is 25.6 Å². The molecule has 39 heavy (non-hydrogen) atoms. The molecule has 0 aliphatic carbocycles. The summed E-state index contributed by atoms with van der Waals surface area (Å²) < 4.78 is 5.57. The number of carbonyl (C=O) groups excluding carboxylic acids is 2. The SMILES string of the molecule is COc1cc(CC(=O)N2CCCc3cc([C@@H](C)CC(=O)O)ccc32)ccc1NC(=O)N1CCc2ccccc21. The smallest absolute Gasteiger partial charge is 0.326 e. The Hall–Kier alpha value is -4.33. The second kappa shape index (κ2) is 11.2. The third-order valence-corrected chi connectivity index (χ3v) is 7.57. The van der Waals surface area contributed by atoms with Gasteiger partial charge in [-0.05, 0) is 71.7 Å². The third-order valence-electron chi connectivity index (χ3n) is 7.57. The van der Waals surface area contributed by atoms with E-state index < -0.39 is 5.97 Å². The van der Waals surface area contributed by atoms with E-state index in [1.54, 1.807) is 24.1 Å². The van der Waals surface area contributed by atoms with E-state index in [9.17, 15) is 14.4 Å². The highest BCUT2D eigenvalue weighted by Crippen LogP contribution is 2.33. The van der Waals surface area contributed by atoms with Gasteiger partial charge in [-0.2, -0.15) is 0 Å². The molecule has 2 heterocycles. The van der Waals surface area contributed by atoms with Crippen LogP contribution >= 0.6 is 0 Å². The Balaban J connectivity index is 1.28. The van der Waals surface area contributed by atoms with Gasteiger partial charge in [-0.25, -0.2) is 4.79 Å². The molecule has 0 bridgehead atoms. The summed E-state index contributed by atoms with van der Waals surface area (Å²) in [6.45, 7) is 3.17. The summed E-state index contributed by atoms with van der Waals surface area (Å²) in [7, 11) is 1.55. The van der Waals surface area contributed by atoms with Crippen LogP contribution in [0.4, 0.5) is 21.9 Å². The van der Waals surface area contributed by atoms with Crippen LogP contribution in [-0.4, -0.2) is 43.2 Å². The number of hydrogen-bond acceptors (Lipinski definition) is 4. The average Bonchev–Trinajstić information content (AvgIpc) is 3.37. The van der Waals surface area contributed by atoms with Crippen molar-refractivity contribution in [2.45, 2.75) is 44.9 Å². The van der Waals surface area contributed by atoms with E-state index in [1.165, 1.54) is 0 Å². The van der Waals surface area contributed by atoms with Gasteiger partial charge in [0, 0.05) is 24.5 Å². The topological polar surface area (TPSA) is 99.2 Å². The molecule has 0 spiro atoms. The summed E-state index contributed by atoms with van der Waals surface area (Å²) in [5, 5.41) is 12.1. The molecule has 3 aromatic carbocycles. The summed E-state index contributed by atoms with van der Waals surface area (Å²) in [5.41, 5.74) is 6.35. The zero-order valence-electron chi connectivity index (χ0n) is 22.3. The highest BCUT2D eigenvalue weighted by Gasteiger charge is 2.26. The summed E-state index contributed by atoms with van der Waals surface area (Å²) in [6.07, 6.45) is 2.80. The molecular formula is C31H33N3O5. The molecule has 2 N–H and O–H groups in total. The van der Waals surface area contributed by atoms with Crippen molar-refractivity contribution < 1.29 is 24.2 Å². The van der Waals surface area contributed by atoms with Gasteiger partial charge in [-0.15, -0.1) is 0 Å². The molecular weight excluding hydrogens is 494 g/mol. The van der Waals surface area contributed by atoms with Gasteiger partial charge in [0.15, 0.2) is 0 Å². The van der Waals surface area contributed by atoms with Gasteiger partial charge >= 0.3 is 12.0 Å². The maximum atomic E-state index is 13.4. The van der Waals surface area contributed by atoms with E-state index in [1.807, 2.05) is 60.4 Å². The Kier molecular flexibility index (Phi) is 7.54. The van der Waals surface area contributed by atoms with E-state index >= 15 is 0 Å². The molecule has 0 radical (unpaired) electrons. The molecule has 0 fully saturated rings. The molecule has 3 amide bonds. The van der Waals surface area contributed by atoms with Crippen LogP contribution in [0.1, 0.15) is 47.9 Å². The number of nitrogens with one attached hydrogen (secondary N) is 1. The van der Waals surface area contributed by atoms with Crippen LogP contribution in [0.5, 0.6) is 5.75 Å². The monoisotopic (exact) mass is 527 g/mol. The number of benzene rings is 3. The van der Waals surface area contributed by atoms with Crippen LogP contribution in [0.2, 0.25) is 0 Å². The fraction of sp³-hybridized carbons (Fsp3) is 0.323. The van der Waals surface area contributed by atoms with Gasteiger partial charge < -0.3 is 20.1 Å². The minimum atomic E-state index is -0.820. The Morgan fingerprint density at radius 1 is 0.949 bits per heavy atom. The van der Waals surface area contributed by atoms with E-state index in [-0.39, 0.29) is 30.7 Å². The molecule has 8 heteroatoms. The van der Waals surface area contributed by atoms with Crippen LogP contribution < -0.4 is 19.9 Å². The van der Waals surface area contributed by atoms with Crippen molar-refractivity contribution in [1.82, 2.24) is 0 Å². The molecule has 5 rings (SSSR count). The minimum Gasteiger partial charge on any atom is -0.495 e. The number of methoxy groups -OCH3 is 1. The molecule has 3 aromatic rings. The highest BCUT2D eigenvalue weighted by molar-refractivity contribution is 6.04. The van der Waals surface area contributed by atoms with Crippen molar-refractivity contribution in [3.05, 3.63) is 82.9 Å². The van der Waals surface area contributed by atoms with Crippen molar-refractivity contribution in [2.75, 3.05) is 35.3 Å². The number of fused-ring (bicyclic) bond motifs is 2. The predicted molar refractivity (Wildman–Crippen MR) is 151 cm³/mol. The minimum absolute atomic E-state index is 0.0187. The number of urea groups is 1. The molecule has 0 saturated heterocycles. The van der Waals surface area contributed by atoms with Gasteiger partial charge in [-0.3, -0.25) is 14.5 Å². The van der Waals surface area contributed by atoms with E-state index in [2.05, 4.69) is 5.32 Å². The second-order valence-electron chi connectivity index (χ2n) is 10.2. The molecule has 1 atom stereocenters. The zero-order valence-corrected chi connectivity index (χ0v) is 22.3. The molecule has 8 nitrogen and oxygen atoms in total. The number of para-hydroxylation sites is 1. The van der Waals surface area contributed by atoms with E-state index in [4.69, 9.17) is 9.84 Å². The first kappa shape index (κ1) is 26.3. The van der Waals surface area contributed by atoms with Crippen molar-refractivity contribution in [3.8, 4) is 5.75 Å². The lowest BCUT2D eigenvalue weighted by atomic mass is 9.92. The maximum absolute atomic E-state index is 13.4. The van der Waals surface area contributed by atoms with Gasteiger partial charge in [0.2, 0.25) is 5.91 Å². The lowest BCUT2D eigenvalue weighted by Gasteiger charge is -2.30. The number of nitrogens with zero attached hydrogens (tertiary/aromatic N) is 2. The van der Waals surface area contributed by atoms with Crippen LogP contribution in [0.15, 0.2) is 60.7 Å². The number of carbonyl (C=O) groups is 3. The quantitative estimate of drug-likeness (QED) is 0.429. The second-order valence-corrected chi connectivity index (χ2v) is 10.2. The Morgan fingerprint density at radius 3 is 2.54 bits per heavy atom. The zero-order chi connectivity index (χ0) is 27.5. The number of aryl methyl sites for hydroxylation is 1. The van der Waals surface area contributed by atoms with Crippen LogP contribution in [0.3, 0.4) is 0 Å². The Bertz CT molecular complexity index is 1420. The number of carboxylic acid groups (broad SMARTS) is 1. The van der Waals surface area contributed by atoms with Crippen molar-refractivity contribution in [3.63, 3.8) is 0 Å². The average molecular weight is 528 g/mol.